The number of carbonyl (C=O) groups excluding carboxylic acids is 1. The molecule has 1 aromatic carbocycles. The van der Waals surface area contributed by atoms with Gasteiger partial charge in [0.05, 0.1) is 13.7 Å². The number of hydrogen-bond acceptors (Lipinski definition) is 5. The zero-order valence-corrected chi connectivity index (χ0v) is 15.8. The number of H-pyrrole nitrogens is 1. The van der Waals surface area contributed by atoms with E-state index in [1.807, 2.05) is 12.1 Å². The molecule has 28 heavy (non-hydrogen) atoms. The quantitative estimate of drug-likeness (QED) is 0.837. The Labute approximate surface area is 161 Å². The topological polar surface area (TPSA) is 93.6 Å². The molecule has 2 aromatic rings. The standard InChI is InChI=1S/C20H23N3O5/c1-27-15-4-2-3-14-6-12-28-20(18(14)15)7-10-22(11-8-20)17(25)13-23-9-5-16(24)21-19(23)26/h2-5,9H,6-8,10-13H2,1H3,(H,21,24,26). The third-order valence-corrected chi connectivity index (χ3v) is 5.66. The zero-order chi connectivity index (χ0) is 19.7. The average molecular weight is 385 g/mol. The summed E-state index contributed by atoms with van der Waals surface area (Å²) in [5.41, 5.74) is 0.850. The van der Waals surface area contributed by atoms with Gasteiger partial charge in [-0.15, -0.1) is 0 Å². The number of amides is 1. The van der Waals surface area contributed by atoms with Gasteiger partial charge in [0.2, 0.25) is 5.91 Å². The molecule has 1 N–H and O–H groups in total. The van der Waals surface area contributed by atoms with E-state index in [-0.39, 0.29) is 12.5 Å². The molecule has 8 nitrogen and oxygen atoms in total. The molecule has 2 aliphatic heterocycles. The second-order valence-electron chi connectivity index (χ2n) is 7.21. The molecule has 8 heteroatoms. The van der Waals surface area contributed by atoms with Crippen molar-refractivity contribution >= 4 is 5.91 Å². The number of carbonyl (C=O) groups is 1. The number of piperidine rings is 1. The Balaban J connectivity index is 1.50. The summed E-state index contributed by atoms with van der Waals surface area (Å²) in [6.07, 6.45) is 3.54. The van der Waals surface area contributed by atoms with Crippen molar-refractivity contribution in [3.8, 4) is 5.75 Å². The zero-order valence-electron chi connectivity index (χ0n) is 15.8. The average Bonchev–Trinajstić information content (AvgIpc) is 2.70. The van der Waals surface area contributed by atoms with Crippen LogP contribution >= 0.6 is 0 Å². The van der Waals surface area contributed by atoms with Gasteiger partial charge in [0, 0.05) is 30.9 Å². The lowest BCUT2D eigenvalue weighted by Gasteiger charge is -2.45. The Morgan fingerprint density at radius 2 is 2.04 bits per heavy atom. The maximum absolute atomic E-state index is 12.7. The summed E-state index contributed by atoms with van der Waals surface area (Å²) in [4.78, 5) is 39.5. The third-order valence-electron chi connectivity index (χ3n) is 5.66. The van der Waals surface area contributed by atoms with E-state index in [2.05, 4.69) is 11.1 Å². The van der Waals surface area contributed by atoms with Crippen molar-refractivity contribution in [2.24, 2.45) is 0 Å². The van der Waals surface area contributed by atoms with Gasteiger partial charge in [-0.05, 0) is 30.9 Å². The lowest BCUT2D eigenvalue weighted by molar-refractivity contribution is -0.141. The summed E-state index contributed by atoms with van der Waals surface area (Å²) in [5, 5.41) is 0. The summed E-state index contributed by atoms with van der Waals surface area (Å²) in [7, 11) is 1.67. The second-order valence-corrected chi connectivity index (χ2v) is 7.21. The number of benzene rings is 1. The number of aromatic nitrogens is 2. The molecule has 1 saturated heterocycles. The summed E-state index contributed by atoms with van der Waals surface area (Å²) >= 11 is 0. The fourth-order valence-electron chi connectivity index (χ4n) is 4.23. The molecular formula is C20H23N3O5. The Hall–Kier alpha value is -2.87. The van der Waals surface area contributed by atoms with Crippen molar-refractivity contribution in [3.05, 3.63) is 62.4 Å². The van der Waals surface area contributed by atoms with E-state index in [4.69, 9.17) is 9.47 Å². The molecular weight excluding hydrogens is 362 g/mol. The van der Waals surface area contributed by atoms with Crippen LogP contribution in [0.15, 0.2) is 40.1 Å². The Kier molecular flexibility index (Phi) is 4.80. The largest absolute Gasteiger partial charge is 0.496 e. The number of ether oxygens (including phenoxy) is 2. The van der Waals surface area contributed by atoms with Gasteiger partial charge in [0.1, 0.15) is 17.9 Å². The van der Waals surface area contributed by atoms with E-state index < -0.39 is 16.9 Å². The van der Waals surface area contributed by atoms with Crippen molar-refractivity contribution in [1.29, 1.82) is 0 Å². The predicted molar refractivity (Wildman–Crippen MR) is 101 cm³/mol. The molecule has 1 fully saturated rings. The SMILES string of the molecule is COc1cccc2c1C1(CCN(C(=O)Cn3ccc(=O)[nH]c3=O)CC1)OCC2. The van der Waals surface area contributed by atoms with Crippen molar-refractivity contribution in [1.82, 2.24) is 14.5 Å². The maximum atomic E-state index is 12.7. The maximum Gasteiger partial charge on any atom is 0.328 e. The number of rotatable bonds is 3. The Morgan fingerprint density at radius 1 is 1.25 bits per heavy atom. The molecule has 0 unspecified atom stereocenters. The molecule has 0 aliphatic carbocycles. The van der Waals surface area contributed by atoms with Crippen LogP contribution in [0.3, 0.4) is 0 Å². The Morgan fingerprint density at radius 3 is 2.75 bits per heavy atom. The van der Waals surface area contributed by atoms with Gasteiger partial charge in [-0.3, -0.25) is 19.1 Å². The van der Waals surface area contributed by atoms with Crippen LogP contribution in [-0.2, 0) is 28.1 Å². The van der Waals surface area contributed by atoms with Gasteiger partial charge in [-0.1, -0.05) is 12.1 Å². The van der Waals surface area contributed by atoms with Crippen LogP contribution in [0, 0.1) is 0 Å². The minimum Gasteiger partial charge on any atom is -0.496 e. The second kappa shape index (κ2) is 7.27. The first kappa shape index (κ1) is 18.5. The number of nitrogens with zero attached hydrogens (tertiary/aromatic N) is 2. The lowest BCUT2D eigenvalue weighted by atomic mass is 9.78. The van der Waals surface area contributed by atoms with E-state index in [1.54, 1.807) is 12.0 Å². The first-order valence-electron chi connectivity index (χ1n) is 9.40. The molecule has 3 heterocycles. The molecule has 0 bridgehead atoms. The van der Waals surface area contributed by atoms with Crippen LogP contribution in [0.1, 0.15) is 24.0 Å². The highest BCUT2D eigenvalue weighted by Gasteiger charge is 2.43. The molecule has 0 atom stereocenters. The van der Waals surface area contributed by atoms with Crippen LogP contribution in [-0.4, -0.2) is 47.2 Å². The molecule has 148 valence electrons. The monoisotopic (exact) mass is 385 g/mol. The molecule has 0 saturated carbocycles. The van der Waals surface area contributed by atoms with E-state index in [1.165, 1.54) is 22.4 Å². The third kappa shape index (κ3) is 3.24. The normalized spacial score (nSPS) is 18.0. The number of aromatic amines is 1. The minimum atomic E-state index is -0.580. The van der Waals surface area contributed by atoms with E-state index in [0.29, 0.717) is 32.5 Å². The van der Waals surface area contributed by atoms with Gasteiger partial charge >= 0.3 is 5.69 Å². The van der Waals surface area contributed by atoms with Gasteiger partial charge in [0.25, 0.3) is 5.56 Å². The van der Waals surface area contributed by atoms with E-state index in [0.717, 1.165) is 17.7 Å². The van der Waals surface area contributed by atoms with Crippen LogP contribution < -0.4 is 16.0 Å². The van der Waals surface area contributed by atoms with Crippen molar-refractivity contribution in [2.45, 2.75) is 31.4 Å². The summed E-state index contributed by atoms with van der Waals surface area (Å²) in [6, 6.07) is 7.30. The van der Waals surface area contributed by atoms with Crippen molar-refractivity contribution in [3.63, 3.8) is 0 Å². The molecule has 2 aliphatic rings. The molecule has 0 radical (unpaired) electrons. The Bertz CT molecular complexity index is 987. The van der Waals surface area contributed by atoms with Gasteiger partial charge in [-0.25, -0.2) is 4.79 Å². The van der Waals surface area contributed by atoms with Crippen LogP contribution in [0.4, 0.5) is 0 Å². The highest BCUT2D eigenvalue weighted by atomic mass is 16.5. The van der Waals surface area contributed by atoms with E-state index in [9.17, 15) is 14.4 Å². The first-order chi connectivity index (χ1) is 13.5. The number of hydrogen-bond donors (Lipinski definition) is 1. The van der Waals surface area contributed by atoms with Crippen LogP contribution in [0.5, 0.6) is 5.75 Å². The summed E-state index contributed by atoms with van der Waals surface area (Å²) < 4.78 is 13.0. The smallest absolute Gasteiger partial charge is 0.328 e. The lowest BCUT2D eigenvalue weighted by Crippen LogP contribution is -2.49. The number of fused-ring (bicyclic) bond motifs is 2. The molecule has 4 rings (SSSR count). The molecule has 1 spiro atoms. The summed E-state index contributed by atoms with van der Waals surface area (Å²) in [6.45, 7) is 1.63. The summed E-state index contributed by atoms with van der Waals surface area (Å²) in [5.74, 6) is 0.678. The highest BCUT2D eigenvalue weighted by molar-refractivity contribution is 5.76. The van der Waals surface area contributed by atoms with Gasteiger partial charge < -0.3 is 14.4 Å². The minimum absolute atomic E-state index is 0.0939. The molecule has 1 amide bonds. The highest BCUT2D eigenvalue weighted by Crippen LogP contribution is 2.45. The number of nitrogens with one attached hydrogen (secondary N) is 1. The van der Waals surface area contributed by atoms with E-state index >= 15 is 0 Å². The van der Waals surface area contributed by atoms with Crippen molar-refractivity contribution in [2.75, 3.05) is 26.8 Å². The number of methoxy groups -OCH3 is 1. The fraction of sp³-hybridized carbons (Fsp3) is 0.450. The number of likely N-dealkylation sites (tertiary alicyclic amines) is 1. The first-order valence-corrected chi connectivity index (χ1v) is 9.40. The van der Waals surface area contributed by atoms with Crippen LogP contribution in [0.25, 0.3) is 0 Å². The van der Waals surface area contributed by atoms with Crippen molar-refractivity contribution < 1.29 is 14.3 Å². The predicted octanol–water partition coefficient (Wildman–Crippen LogP) is 0.636. The fourth-order valence-corrected chi connectivity index (χ4v) is 4.23. The van der Waals surface area contributed by atoms with Gasteiger partial charge in [0.15, 0.2) is 0 Å². The van der Waals surface area contributed by atoms with Crippen LogP contribution in [0.2, 0.25) is 0 Å². The molecule has 1 aromatic heterocycles. The van der Waals surface area contributed by atoms with Gasteiger partial charge in [-0.2, -0.15) is 0 Å².